The molecule has 9 rings (SSSR count). The van der Waals surface area contributed by atoms with Gasteiger partial charge in [-0.25, -0.2) is 19.7 Å². The summed E-state index contributed by atoms with van der Waals surface area (Å²) in [7, 11) is 1.30. The number of benzene rings is 5. The Morgan fingerprint density at radius 2 is 1.39 bits per heavy atom. The Kier molecular flexibility index (Phi) is 18.3. The van der Waals surface area contributed by atoms with Crippen LogP contribution in [0.3, 0.4) is 0 Å². The van der Waals surface area contributed by atoms with Crippen molar-refractivity contribution >= 4 is 75.5 Å². The summed E-state index contributed by atoms with van der Waals surface area (Å²) in [6.07, 6.45) is -0.0983. The SMILES string of the molecule is CO/N=C(/C(=O)NC1C(=O)N2C(C(=O)OC(c3ccccc3)c3ccccc3)=C(/C=C/Sc3n[nH]c(=O)c(=O)n3CCNC(=O)CNC(=O)OC(C)(C)C)CSC12)c1csc(NC(c2ccccc2)(c2ccccc2)c2ccccc2)n1. The first-order chi connectivity index (χ1) is 39.6. The average molecular weight is 1160 g/mol. The number of amides is 4. The zero-order chi connectivity index (χ0) is 57.8. The van der Waals surface area contributed by atoms with Gasteiger partial charge in [-0.15, -0.1) is 28.2 Å². The monoisotopic (exact) mass is 1160 g/mol. The Morgan fingerprint density at radius 3 is 1.95 bits per heavy atom. The van der Waals surface area contributed by atoms with Gasteiger partial charge in [0, 0.05) is 24.2 Å². The second-order valence-electron chi connectivity index (χ2n) is 19.4. The smallest absolute Gasteiger partial charge is 0.408 e. The number of fused-ring (bicyclic) bond motifs is 1. The van der Waals surface area contributed by atoms with Crippen molar-refractivity contribution in [3.05, 3.63) is 234 Å². The minimum Gasteiger partial charge on any atom is -0.448 e. The van der Waals surface area contributed by atoms with Crippen molar-refractivity contribution in [3.8, 4) is 0 Å². The van der Waals surface area contributed by atoms with E-state index < -0.39 is 76.1 Å². The molecule has 2 aliphatic rings. The molecule has 1 saturated heterocycles. The van der Waals surface area contributed by atoms with Crippen molar-refractivity contribution < 1.29 is 38.3 Å². The highest BCUT2D eigenvalue weighted by molar-refractivity contribution is 8.02. The number of H-pyrrole nitrogens is 1. The summed E-state index contributed by atoms with van der Waals surface area (Å²) in [6.45, 7) is 4.35. The van der Waals surface area contributed by atoms with Crippen molar-refractivity contribution in [2.45, 2.75) is 61.1 Å². The number of allylic oxidation sites excluding steroid dienone is 1. The molecule has 82 heavy (non-hydrogen) atoms. The summed E-state index contributed by atoms with van der Waals surface area (Å²) < 4.78 is 12.6. The Balaban J connectivity index is 0.966. The van der Waals surface area contributed by atoms with E-state index >= 15 is 0 Å². The molecule has 5 aromatic carbocycles. The van der Waals surface area contributed by atoms with Gasteiger partial charge in [0.2, 0.25) is 5.91 Å². The van der Waals surface area contributed by atoms with Crippen LogP contribution in [-0.4, -0.2) is 103 Å². The summed E-state index contributed by atoms with van der Waals surface area (Å²) in [5.41, 5.74) is 0.792. The number of esters is 1. The molecule has 23 heteroatoms. The number of nitrogens with one attached hydrogen (secondary N) is 5. The number of carbonyl (C=O) groups is 5. The molecule has 7 aromatic rings. The molecule has 2 atom stereocenters. The molecule has 20 nitrogen and oxygen atoms in total. The van der Waals surface area contributed by atoms with E-state index in [1.54, 1.807) is 32.2 Å². The minimum absolute atomic E-state index is 0.0310. The van der Waals surface area contributed by atoms with Gasteiger partial charge in [0.25, 0.3) is 11.8 Å². The summed E-state index contributed by atoms with van der Waals surface area (Å²) in [5.74, 6) is -2.62. The lowest BCUT2D eigenvalue weighted by Gasteiger charge is -2.49. The second-order valence-corrected chi connectivity index (χ2v) is 22.2. The van der Waals surface area contributed by atoms with Crippen LogP contribution in [0.1, 0.15) is 60.4 Å². The van der Waals surface area contributed by atoms with E-state index in [0.717, 1.165) is 33.0 Å². The van der Waals surface area contributed by atoms with E-state index in [1.807, 2.05) is 152 Å². The van der Waals surface area contributed by atoms with Crippen molar-refractivity contribution in [1.29, 1.82) is 0 Å². The maximum Gasteiger partial charge on any atom is 0.408 e. The number of anilines is 1. The number of carbonyl (C=O) groups excluding carboxylic acids is 5. The predicted octanol–water partition coefficient (Wildman–Crippen LogP) is 7.08. The first-order valence-electron chi connectivity index (χ1n) is 25.7. The Morgan fingerprint density at radius 1 is 0.817 bits per heavy atom. The van der Waals surface area contributed by atoms with Crippen LogP contribution in [0.15, 0.2) is 200 Å². The molecule has 4 amide bonds. The van der Waals surface area contributed by atoms with Crippen LogP contribution in [0.2, 0.25) is 0 Å². The van der Waals surface area contributed by atoms with Gasteiger partial charge < -0.3 is 35.6 Å². The van der Waals surface area contributed by atoms with Crippen LogP contribution < -0.4 is 32.4 Å². The van der Waals surface area contributed by atoms with Gasteiger partial charge >= 0.3 is 23.2 Å². The normalized spacial score (nSPS) is 15.3. The molecule has 1 fully saturated rings. The number of nitrogens with zero attached hydrogens (tertiary/aromatic N) is 5. The standard InChI is InChI=1S/C59H56N10O10S3/c1-58(2,3)79-57(76)61-34-44(70)60-31-32-68-52(74)50(72)65-66-56(68)80-33-30-39-35-81-53-46(51(73)69(53)47(39)54(75)78-48(37-20-10-5-11-21-37)38-22-12-6-13-23-38)63-49(71)45(67-77-4)43-36-82-55(62-43)64-59(40-24-14-7-15-25-40,41-26-16-8-17-27-41)42-28-18-9-19-29-42/h5-30,33,36,46,48,53H,31-32,34-35H2,1-4H3,(H,60,70)(H,61,76)(H,62,64)(H,63,71)(H,65,72)/b33-30+,67-45+. The molecule has 0 aliphatic carbocycles. The highest BCUT2D eigenvalue weighted by atomic mass is 32.2. The molecule has 0 radical (unpaired) electrons. The van der Waals surface area contributed by atoms with Crippen LogP contribution in [-0.2, 0) is 45.6 Å². The first-order valence-corrected chi connectivity index (χ1v) is 28.5. The Labute approximate surface area is 483 Å². The molecular formula is C59H56N10O10S3. The van der Waals surface area contributed by atoms with Crippen molar-refractivity contribution in [1.82, 2.24) is 40.6 Å². The van der Waals surface area contributed by atoms with Gasteiger partial charge in [0.15, 0.2) is 22.1 Å². The van der Waals surface area contributed by atoms with Gasteiger partial charge in [0.05, 0.1) is 6.54 Å². The van der Waals surface area contributed by atoms with Gasteiger partial charge in [-0.3, -0.25) is 33.4 Å². The average Bonchev–Trinajstić information content (AvgIpc) is 3.78. The molecule has 2 aliphatic heterocycles. The third kappa shape index (κ3) is 13.2. The number of ether oxygens (including phenoxy) is 2. The zero-order valence-electron chi connectivity index (χ0n) is 44.8. The number of hydrogen-bond donors (Lipinski definition) is 5. The quantitative estimate of drug-likeness (QED) is 0.00917. The molecule has 420 valence electrons. The summed E-state index contributed by atoms with van der Waals surface area (Å²) in [4.78, 5) is 105. The van der Waals surface area contributed by atoms with Crippen LogP contribution >= 0.6 is 34.9 Å². The molecule has 0 bridgehead atoms. The first kappa shape index (κ1) is 57.6. The molecule has 2 aromatic heterocycles. The lowest BCUT2D eigenvalue weighted by atomic mass is 9.77. The fourth-order valence-corrected chi connectivity index (χ4v) is 11.9. The third-order valence-corrected chi connectivity index (χ3v) is 15.6. The van der Waals surface area contributed by atoms with E-state index in [0.29, 0.717) is 21.8 Å². The van der Waals surface area contributed by atoms with E-state index in [2.05, 4.69) is 36.6 Å². The summed E-state index contributed by atoms with van der Waals surface area (Å²) >= 11 is 3.47. The number of oxime groups is 1. The van der Waals surface area contributed by atoms with Crippen molar-refractivity contribution in [2.24, 2.45) is 5.16 Å². The van der Waals surface area contributed by atoms with Crippen LogP contribution in [0, 0.1) is 0 Å². The lowest BCUT2D eigenvalue weighted by molar-refractivity contribution is -0.154. The second kappa shape index (κ2) is 26.0. The largest absolute Gasteiger partial charge is 0.448 e. The zero-order valence-corrected chi connectivity index (χ0v) is 47.2. The molecule has 4 heterocycles. The maximum absolute atomic E-state index is 14.8. The number of rotatable bonds is 21. The van der Waals surface area contributed by atoms with Gasteiger partial charge in [0.1, 0.15) is 41.1 Å². The highest BCUT2D eigenvalue weighted by Gasteiger charge is 2.55. The van der Waals surface area contributed by atoms with E-state index in [1.165, 1.54) is 40.5 Å². The number of hydrogen-bond acceptors (Lipinski definition) is 17. The molecule has 5 N–H and O–H groups in total. The topological polar surface area (TPSA) is 257 Å². The maximum atomic E-state index is 14.8. The van der Waals surface area contributed by atoms with Crippen molar-refractivity contribution in [2.75, 3.05) is 31.3 Å². The number of aromatic amines is 1. The third-order valence-electron chi connectivity index (χ3n) is 12.8. The Bertz CT molecular complexity index is 3510. The molecule has 0 saturated carbocycles. The number of aromatic nitrogens is 4. The van der Waals surface area contributed by atoms with Gasteiger partial charge in [-0.2, -0.15) is 0 Å². The Hall–Kier alpha value is -9.06. The van der Waals surface area contributed by atoms with Crippen LogP contribution in [0.25, 0.3) is 0 Å². The molecular weight excluding hydrogens is 1100 g/mol. The van der Waals surface area contributed by atoms with Gasteiger partial charge in [-0.05, 0) is 65.6 Å². The van der Waals surface area contributed by atoms with E-state index in [-0.39, 0.29) is 41.1 Å². The fourth-order valence-electron chi connectivity index (χ4n) is 9.11. The minimum atomic E-state index is -1.13. The number of β-lactam (4-membered cyclic amide) rings is 1. The number of alkyl carbamates (subject to hydrolysis) is 1. The lowest BCUT2D eigenvalue weighted by Crippen LogP contribution is -2.71. The van der Waals surface area contributed by atoms with Crippen molar-refractivity contribution in [3.63, 3.8) is 0 Å². The summed E-state index contributed by atoms with van der Waals surface area (Å²) in [5, 5.41) is 24.8. The predicted molar refractivity (Wildman–Crippen MR) is 313 cm³/mol. The van der Waals surface area contributed by atoms with Crippen LogP contribution in [0.5, 0.6) is 0 Å². The fraction of sp³-hybridized carbons (Fsp3) is 0.220. The number of thioether (sulfide) groups is 2. The molecule has 0 spiro atoms. The summed E-state index contributed by atoms with van der Waals surface area (Å²) in [6, 6.07) is 47.0. The van der Waals surface area contributed by atoms with E-state index in [4.69, 9.17) is 19.3 Å². The van der Waals surface area contributed by atoms with E-state index in [9.17, 15) is 33.6 Å². The van der Waals surface area contributed by atoms with Gasteiger partial charge in [-0.1, -0.05) is 169 Å². The highest BCUT2D eigenvalue weighted by Crippen LogP contribution is 2.43. The number of thiazole rings is 1. The molecule has 2 unspecified atom stereocenters. The van der Waals surface area contributed by atoms with Crippen LogP contribution in [0.4, 0.5) is 9.93 Å².